The maximum Gasteiger partial charge on any atom is 0.166 e. The van der Waals surface area contributed by atoms with Crippen molar-refractivity contribution in [3.63, 3.8) is 0 Å². The van der Waals surface area contributed by atoms with E-state index in [1.54, 1.807) is 0 Å². The summed E-state index contributed by atoms with van der Waals surface area (Å²) in [7, 11) is -3.40. The second kappa shape index (κ2) is 7.76. The van der Waals surface area contributed by atoms with E-state index in [1.165, 1.54) is 0 Å². The molecule has 3 heteroatoms. The van der Waals surface area contributed by atoms with Crippen molar-refractivity contribution < 1.29 is 8.42 Å². The van der Waals surface area contributed by atoms with Gasteiger partial charge in [-0.15, -0.1) is 0 Å². The zero-order chi connectivity index (χ0) is 19.5. The highest BCUT2D eigenvalue weighted by Gasteiger charge is 2.49. The molecule has 1 atom stereocenters. The Balaban J connectivity index is 1.70. The maximum absolute atomic E-state index is 13.8. The van der Waals surface area contributed by atoms with Gasteiger partial charge in [0.15, 0.2) is 9.84 Å². The van der Waals surface area contributed by atoms with Crippen LogP contribution < -0.4 is 0 Å². The Labute approximate surface area is 167 Å². The van der Waals surface area contributed by atoms with Crippen molar-refractivity contribution in [3.8, 4) is 0 Å². The van der Waals surface area contributed by atoms with E-state index in [9.17, 15) is 8.42 Å². The molecule has 0 fully saturated rings. The molecule has 0 saturated heterocycles. The van der Waals surface area contributed by atoms with Crippen molar-refractivity contribution in [2.75, 3.05) is 0 Å². The van der Waals surface area contributed by atoms with Crippen LogP contribution in [0.3, 0.4) is 0 Å². The van der Waals surface area contributed by atoms with Crippen LogP contribution in [0.2, 0.25) is 0 Å². The summed E-state index contributed by atoms with van der Waals surface area (Å²) < 4.78 is 26.6. The summed E-state index contributed by atoms with van der Waals surface area (Å²) in [5.41, 5.74) is 3.15. The van der Waals surface area contributed by atoms with Gasteiger partial charge in [-0.2, -0.15) is 0 Å². The molecule has 0 unspecified atom stereocenters. The molecule has 0 bridgehead atoms. The Morgan fingerprint density at radius 1 is 0.643 bits per heavy atom. The predicted octanol–water partition coefficient (Wildman–Crippen LogP) is 4.81. The molecule has 28 heavy (non-hydrogen) atoms. The number of benzene rings is 3. The third-order valence-electron chi connectivity index (χ3n) is 5.55. The smallest absolute Gasteiger partial charge is 0.166 e. The topological polar surface area (TPSA) is 34.1 Å². The van der Waals surface area contributed by atoms with Gasteiger partial charge in [-0.3, -0.25) is 0 Å². The fourth-order valence-corrected chi connectivity index (χ4v) is 6.38. The van der Waals surface area contributed by atoms with Crippen LogP contribution in [0.5, 0.6) is 0 Å². The summed E-state index contributed by atoms with van der Waals surface area (Å²) in [5.74, 6) is 0. The molecule has 0 saturated carbocycles. The van der Waals surface area contributed by atoms with E-state index in [1.807, 2.05) is 103 Å². The van der Waals surface area contributed by atoms with Crippen LogP contribution in [0, 0.1) is 0 Å². The summed E-state index contributed by atoms with van der Waals surface area (Å²) in [5, 5.41) is -0.484. The highest BCUT2D eigenvalue weighted by Crippen LogP contribution is 2.38. The third kappa shape index (κ3) is 3.67. The first-order valence-electron chi connectivity index (χ1n) is 9.64. The molecule has 1 aliphatic rings. The zero-order valence-corrected chi connectivity index (χ0v) is 16.6. The van der Waals surface area contributed by atoms with Crippen molar-refractivity contribution in [2.45, 2.75) is 29.3 Å². The monoisotopic (exact) mass is 388 g/mol. The molecule has 1 aliphatic heterocycles. The second-order valence-electron chi connectivity index (χ2n) is 7.52. The Hall–Kier alpha value is -2.65. The Morgan fingerprint density at radius 3 is 1.54 bits per heavy atom. The van der Waals surface area contributed by atoms with Crippen molar-refractivity contribution in [1.29, 1.82) is 0 Å². The Morgan fingerprint density at radius 2 is 1.07 bits per heavy atom. The van der Waals surface area contributed by atoms with E-state index in [-0.39, 0.29) is 0 Å². The van der Waals surface area contributed by atoms with Crippen LogP contribution >= 0.6 is 0 Å². The molecule has 142 valence electrons. The van der Waals surface area contributed by atoms with Gasteiger partial charge in [-0.25, -0.2) is 8.42 Å². The third-order valence-corrected chi connectivity index (χ3v) is 8.23. The van der Waals surface area contributed by atoms with Crippen molar-refractivity contribution >= 4 is 9.84 Å². The molecular formula is C25H24O2S. The molecule has 1 heterocycles. The molecule has 0 spiro atoms. The standard InChI is InChI=1S/C25H24O2S/c26-28(27)24(18-21-10-4-1-5-11-21)16-17-25(28,19-22-12-6-2-7-13-22)20-23-14-8-3-9-15-23/h1-17,24H,18-20H2/t24-/m0/s1. The van der Waals surface area contributed by atoms with E-state index >= 15 is 0 Å². The van der Waals surface area contributed by atoms with E-state index in [0.717, 1.165) is 16.7 Å². The SMILES string of the molecule is O=S1(=O)[C@H](Cc2ccccc2)C=CC1(Cc1ccccc1)Cc1ccccc1. The molecule has 0 aromatic heterocycles. The van der Waals surface area contributed by atoms with Gasteiger partial charge in [-0.1, -0.05) is 103 Å². The van der Waals surface area contributed by atoms with Crippen LogP contribution in [0.1, 0.15) is 16.7 Å². The van der Waals surface area contributed by atoms with Crippen LogP contribution in [-0.4, -0.2) is 18.4 Å². The van der Waals surface area contributed by atoms with Gasteiger partial charge in [-0.05, 0) is 36.0 Å². The maximum atomic E-state index is 13.8. The fraction of sp³-hybridized carbons (Fsp3) is 0.200. The zero-order valence-electron chi connectivity index (χ0n) is 15.7. The molecule has 4 rings (SSSR count). The fourth-order valence-electron chi connectivity index (χ4n) is 4.07. The predicted molar refractivity (Wildman–Crippen MR) is 115 cm³/mol. The minimum absolute atomic E-state index is 0.484. The lowest BCUT2D eigenvalue weighted by atomic mass is 9.91. The van der Waals surface area contributed by atoms with E-state index < -0.39 is 19.8 Å². The quantitative estimate of drug-likeness (QED) is 0.568. The molecule has 2 nitrogen and oxygen atoms in total. The molecule has 0 radical (unpaired) electrons. The first kappa shape index (κ1) is 18.7. The van der Waals surface area contributed by atoms with Gasteiger partial charge in [0.05, 0.1) is 10.00 Å². The van der Waals surface area contributed by atoms with Gasteiger partial charge >= 0.3 is 0 Å². The van der Waals surface area contributed by atoms with Crippen LogP contribution in [0.4, 0.5) is 0 Å². The minimum Gasteiger partial charge on any atom is -0.227 e. The number of rotatable bonds is 6. The summed E-state index contributed by atoms with van der Waals surface area (Å²) in [4.78, 5) is 0. The van der Waals surface area contributed by atoms with Gasteiger partial charge in [0.1, 0.15) is 0 Å². The summed E-state index contributed by atoms with van der Waals surface area (Å²) >= 11 is 0. The van der Waals surface area contributed by atoms with Crippen molar-refractivity contribution in [3.05, 3.63) is 120 Å². The average Bonchev–Trinajstić information content (AvgIpc) is 2.95. The minimum atomic E-state index is -3.40. The lowest BCUT2D eigenvalue weighted by molar-refractivity contribution is 0.546. The van der Waals surface area contributed by atoms with Crippen LogP contribution in [0.15, 0.2) is 103 Å². The Kier molecular flexibility index (Phi) is 5.19. The first-order chi connectivity index (χ1) is 13.6. The van der Waals surface area contributed by atoms with Crippen molar-refractivity contribution in [2.24, 2.45) is 0 Å². The Bertz CT molecular complexity index is 998. The normalized spacial score (nSPS) is 19.5. The van der Waals surface area contributed by atoms with E-state index in [2.05, 4.69) is 0 Å². The molecule has 0 aliphatic carbocycles. The summed E-state index contributed by atoms with van der Waals surface area (Å²) in [6.45, 7) is 0. The first-order valence-corrected chi connectivity index (χ1v) is 11.2. The van der Waals surface area contributed by atoms with E-state index in [0.29, 0.717) is 19.3 Å². The number of hydrogen-bond donors (Lipinski definition) is 0. The molecular weight excluding hydrogens is 364 g/mol. The summed E-state index contributed by atoms with van der Waals surface area (Å²) in [6.07, 6.45) is 5.37. The molecule has 3 aromatic carbocycles. The lowest BCUT2D eigenvalue weighted by Gasteiger charge is -2.29. The van der Waals surface area contributed by atoms with Gasteiger partial charge in [0.2, 0.25) is 0 Å². The van der Waals surface area contributed by atoms with Gasteiger partial charge in [0.25, 0.3) is 0 Å². The highest BCUT2D eigenvalue weighted by atomic mass is 32.2. The lowest BCUT2D eigenvalue weighted by Crippen LogP contribution is -2.42. The molecule has 3 aromatic rings. The largest absolute Gasteiger partial charge is 0.227 e. The molecule has 0 N–H and O–H groups in total. The number of hydrogen-bond acceptors (Lipinski definition) is 2. The average molecular weight is 389 g/mol. The van der Waals surface area contributed by atoms with E-state index in [4.69, 9.17) is 0 Å². The molecule has 0 amide bonds. The summed E-state index contributed by atoms with van der Waals surface area (Å²) in [6, 6.07) is 29.7. The highest BCUT2D eigenvalue weighted by molar-refractivity contribution is 7.94. The van der Waals surface area contributed by atoms with Crippen LogP contribution in [-0.2, 0) is 29.1 Å². The van der Waals surface area contributed by atoms with Crippen LogP contribution in [0.25, 0.3) is 0 Å². The van der Waals surface area contributed by atoms with Gasteiger partial charge in [0, 0.05) is 0 Å². The second-order valence-corrected chi connectivity index (χ2v) is 10.0. The number of sulfone groups is 1. The van der Waals surface area contributed by atoms with Gasteiger partial charge < -0.3 is 0 Å². The van der Waals surface area contributed by atoms with Crippen molar-refractivity contribution in [1.82, 2.24) is 0 Å².